The average Bonchev–Trinajstić information content (AvgIpc) is 2.19. The molecule has 4 nitrogen and oxygen atoms in total. The summed E-state index contributed by atoms with van der Waals surface area (Å²) in [6.07, 6.45) is 0. The van der Waals surface area contributed by atoms with Crippen LogP contribution in [-0.4, -0.2) is 11.7 Å². The third-order valence-corrected chi connectivity index (χ3v) is 2.34. The number of benzene rings is 1. The summed E-state index contributed by atoms with van der Waals surface area (Å²) in [6.45, 7) is 0.217. The van der Waals surface area contributed by atoms with Crippen LogP contribution in [0.4, 0.5) is 0 Å². The number of phenols is 1. The maximum atomic E-state index is 9.64. The number of hydrogen-bond acceptors (Lipinski definition) is 4. The minimum Gasteiger partial charge on any atom is -0.506 e. The normalized spacial score (nSPS) is 12.1. The molecule has 0 radical (unpaired) electrons. The average molecular weight is 256 g/mol. The van der Waals surface area contributed by atoms with Crippen molar-refractivity contribution >= 4 is 15.9 Å². The van der Waals surface area contributed by atoms with Gasteiger partial charge in [-0.2, -0.15) is 5.26 Å². The maximum Gasteiger partial charge on any atom is 0.138 e. The van der Waals surface area contributed by atoms with Gasteiger partial charge in [0.2, 0.25) is 0 Å². The molecule has 0 aromatic heterocycles. The zero-order chi connectivity index (χ0) is 10.7. The summed E-state index contributed by atoms with van der Waals surface area (Å²) in [5, 5.41) is 18.4. The van der Waals surface area contributed by atoms with Crippen molar-refractivity contribution in [2.45, 2.75) is 6.04 Å². The molecule has 0 fully saturated rings. The molecule has 1 aromatic rings. The summed E-state index contributed by atoms with van der Waals surface area (Å²) in [7, 11) is 0. The number of nitrogens with two attached hydrogens (primary N) is 2. The van der Waals surface area contributed by atoms with Gasteiger partial charge in [-0.1, -0.05) is 15.9 Å². The molecule has 14 heavy (non-hydrogen) atoms. The van der Waals surface area contributed by atoms with E-state index in [4.69, 9.17) is 16.7 Å². The molecule has 0 aliphatic carbocycles. The Morgan fingerprint density at radius 1 is 1.57 bits per heavy atom. The molecule has 74 valence electrons. The third kappa shape index (κ3) is 2.04. The molecule has 0 aliphatic rings. The van der Waals surface area contributed by atoms with Crippen LogP contribution < -0.4 is 11.5 Å². The lowest BCUT2D eigenvalue weighted by Crippen LogP contribution is -2.21. The van der Waals surface area contributed by atoms with E-state index in [2.05, 4.69) is 15.9 Å². The number of hydrogen-bond donors (Lipinski definition) is 3. The second kappa shape index (κ2) is 4.42. The minimum atomic E-state index is -0.459. The Labute approximate surface area is 90.3 Å². The van der Waals surface area contributed by atoms with Crippen molar-refractivity contribution in [2.75, 3.05) is 6.54 Å². The molecule has 5 N–H and O–H groups in total. The van der Waals surface area contributed by atoms with Crippen molar-refractivity contribution in [1.29, 1.82) is 5.26 Å². The van der Waals surface area contributed by atoms with Gasteiger partial charge in [-0.15, -0.1) is 0 Å². The first-order valence-corrected chi connectivity index (χ1v) is 4.77. The fourth-order valence-electron chi connectivity index (χ4n) is 1.12. The predicted molar refractivity (Wildman–Crippen MR) is 56.5 cm³/mol. The van der Waals surface area contributed by atoms with Crippen LogP contribution in [0.1, 0.15) is 17.2 Å². The molecule has 0 aliphatic heterocycles. The highest BCUT2D eigenvalue weighted by molar-refractivity contribution is 9.10. The van der Waals surface area contributed by atoms with Gasteiger partial charge in [-0.3, -0.25) is 0 Å². The quantitative estimate of drug-likeness (QED) is 0.734. The molecular weight excluding hydrogens is 246 g/mol. The monoisotopic (exact) mass is 255 g/mol. The molecule has 1 rings (SSSR count). The van der Waals surface area contributed by atoms with Crippen molar-refractivity contribution in [3.63, 3.8) is 0 Å². The van der Waals surface area contributed by atoms with Crippen molar-refractivity contribution in [3.05, 3.63) is 27.7 Å². The van der Waals surface area contributed by atoms with Gasteiger partial charge in [-0.05, 0) is 12.1 Å². The molecule has 0 heterocycles. The van der Waals surface area contributed by atoms with E-state index in [-0.39, 0.29) is 17.9 Å². The molecule has 0 saturated carbocycles. The number of phenolic OH excluding ortho intramolecular Hbond substituents is 1. The van der Waals surface area contributed by atoms with Gasteiger partial charge in [0.1, 0.15) is 11.8 Å². The second-order valence-corrected chi connectivity index (χ2v) is 3.76. The van der Waals surface area contributed by atoms with E-state index in [1.54, 1.807) is 6.07 Å². The van der Waals surface area contributed by atoms with Gasteiger partial charge in [-0.25, -0.2) is 0 Å². The second-order valence-electron chi connectivity index (χ2n) is 2.85. The number of nitriles is 1. The standard InChI is InChI=1S/C9H10BrN3O/c10-6-1-5(3-11)9(14)7(2-6)8(13)4-12/h1-2,8,14H,4,12-13H2/t8-/m0/s1. The Bertz CT molecular complexity index is 386. The lowest BCUT2D eigenvalue weighted by molar-refractivity contribution is 0.460. The van der Waals surface area contributed by atoms with Crippen LogP contribution in [0, 0.1) is 11.3 Å². The molecule has 0 amide bonds. The lowest BCUT2D eigenvalue weighted by Gasteiger charge is -2.12. The fourth-order valence-corrected chi connectivity index (χ4v) is 1.59. The van der Waals surface area contributed by atoms with Gasteiger partial charge in [0.15, 0.2) is 0 Å². The maximum absolute atomic E-state index is 9.64. The molecular formula is C9H10BrN3O. The van der Waals surface area contributed by atoms with Crippen LogP contribution in [-0.2, 0) is 0 Å². The van der Waals surface area contributed by atoms with E-state index >= 15 is 0 Å². The van der Waals surface area contributed by atoms with Crippen LogP contribution >= 0.6 is 15.9 Å². The molecule has 1 aromatic carbocycles. The molecule has 0 bridgehead atoms. The Morgan fingerprint density at radius 3 is 2.71 bits per heavy atom. The van der Waals surface area contributed by atoms with Crippen LogP contribution in [0.2, 0.25) is 0 Å². The zero-order valence-electron chi connectivity index (χ0n) is 7.37. The first-order valence-electron chi connectivity index (χ1n) is 3.98. The molecule has 5 heteroatoms. The van der Waals surface area contributed by atoms with Crippen LogP contribution in [0.5, 0.6) is 5.75 Å². The number of rotatable bonds is 2. The molecule has 0 spiro atoms. The van der Waals surface area contributed by atoms with Gasteiger partial charge in [0, 0.05) is 22.6 Å². The molecule has 1 atom stereocenters. The summed E-state index contributed by atoms with van der Waals surface area (Å²) in [4.78, 5) is 0. The van der Waals surface area contributed by atoms with E-state index in [1.807, 2.05) is 6.07 Å². The Hall–Kier alpha value is -1.09. The summed E-state index contributed by atoms with van der Waals surface area (Å²) >= 11 is 3.23. The van der Waals surface area contributed by atoms with Crippen molar-refractivity contribution in [2.24, 2.45) is 11.5 Å². The SMILES string of the molecule is N#Cc1cc(Br)cc([C@@H](N)CN)c1O. The Balaban J connectivity index is 3.30. The third-order valence-electron chi connectivity index (χ3n) is 1.88. The summed E-state index contributed by atoms with van der Waals surface area (Å²) in [5.41, 5.74) is 11.7. The number of aromatic hydroxyl groups is 1. The van der Waals surface area contributed by atoms with E-state index in [1.165, 1.54) is 6.07 Å². The van der Waals surface area contributed by atoms with E-state index in [0.717, 1.165) is 0 Å². The molecule has 0 unspecified atom stereocenters. The largest absolute Gasteiger partial charge is 0.506 e. The minimum absolute atomic E-state index is 0.0892. The van der Waals surface area contributed by atoms with E-state index < -0.39 is 6.04 Å². The zero-order valence-corrected chi connectivity index (χ0v) is 8.95. The fraction of sp³-hybridized carbons (Fsp3) is 0.222. The smallest absolute Gasteiger partial charge is 0.138 e. The van der Waals surface area contributed by atoms with Crippen LogP contribution in [0.3, 0.4) is 0 Å². The van der Waals surface area contributed by atoms with Crippen LogP contribution in [0.25, 0.3) is 0 Å². The Morgan fingerprint density at radius 2 is 2.21 bits per heavy atom. The van der Waals surface area contributed by atoms with Crippen molar-refractivity contribution < 1.29 is 5.11 Å². The van der Waals surface area contributed by atoms with E-state index in [0.29, 0.717) is 10.0 Å². The van der Waals surface area contributed by atoms with Gasteiger partial charge < -0.3 is 16.6 Å². The predicted octanol–water partition coefficient (Wildman–Crippen LogP) is 0.985. The highest BCUT2D eigenvalue weighted by Crippen LogP contribution is 2.29. The lowest BCUT2D eigenvalue weighted by atomic mass is 10.0. The number of halogens is 1. The topological polar surface area (TPSA) is 96.1 Å². The van der Waals surface area contributed by atoms with Crippen LogP contribution in [0.15, 0.2) is 16.6 Å². The van der Waals surface area contributed by atoms with Gasteiger partial charge in [0.05, 0.1) is 5.56 Å². The highest BCUT2D eigenvalue weighted by Gasteiger charge is 2.13. The Kier molecular flexibility index (Phi) is 3.47. The first kappa shape index (κ1) is 11.0. The number of nitrogens with zero attached hydrogens (tertiary/aromatic N) is 1. The summed E-state index contributed by atoms with van der Waals surface area (Å²) in [6, 6.07) is 4.61. The van der Waals surface area contributed by atoms with Crippen molar-refractivity contribution in [3.8, 4) is 11.8 Å². The van der Waals surface area contributed by atoms with Gasteiger partial charge in [0.25, 0.3) is 0 Å². The van der Waals surface area contributed by atoms with Crippen molar-refractivity contribution in [1.82, 2.24) is 0 Å². The summed E-state index contributed by atoms with van der Waals surface area (Å²) in [5.74, 6) is -0.0892. The molecule has 0 saturated heterocycles. The summed E-state index contributed by atoms with van der Waals surface area (Å²) < 4.78 is 0.700. The first-order chi connectivity index (χ1) is 6.60. The highest BCUT2D eigenvalue weighted by atomic mass is 79.9. The van der Waals surface area contributed by atoms with E-state index in [9.17, 15) is 5.11 Å². The van der Waals surface area contributed by atoms with Gasteiger partial charge >= 0.3 is 0 Å².